The predicted octanol–water partition coefficient (Wildman–Crippen LogP) is 4.82. The molecule has 0 saturated heterocycles. The molecule has 3 heterocycles. The van der Waals surface area contributed by atoms with Crippen LogP contribution in [-0.2, 0) is 13.5 Å². The first-order valence-electron chi connectivity index (χ1n) is 10.7. The van der Waals surface area contributed by atoms with Crippen molar-refractivity contribution in [3.8, 4) is 17.0 Å². The zero-order valence-corrected chi connectivity index (χ0v) is 18.8. The molecule has 0 N–H and O–H groups in total. The SMILES string of the molecule is COc1cccc2c(C(=O)N3CCc4c(nn(C)c4-c4cc(F)c(F)c(F)c4)[C@@H]3C)ccnc12. The third-order valence-electron chi connectivity index (χ3n) is 6.34. The van der Waals surface area contributed by atoms with Gasteiger partial charge in [0, 0.05) is 36.3 Å². The molecule has 0 spiro atoms. The molecule has 1 atom stereocenters. The van der Waals surface area contributed by atoms with E-state index in [2.05, 4.69) is 10.1 Å². The fourth-order valence-electron chi connectivity index (χ4n) is 4.73. The monoisotopic (exact) mass is 466 g/mol. The van der Waals surface area contributed by atoms with Gasteiger partial charge in [-0.3, -0.25) is 14.5 Å². The lowest BCUT2D eigenvalue weighted by Gasteiger charge is -2.33. The number of aromatic nitrogens is 3. The lowest BCUT2D eigenvalue weighted by atomic mass is 9.94. The van der Waals surface area contributed by atoms with E-state index in [1.165, 1.54) is 4.68 Å². The summed E-state index contributed by atoms with van der Waals surface area (Å²) < 4.78 is 48.2. The van der Waals surface area contributed by atoms with Crippen molar-refractivity contribution in [1.82, 2.24) is 19.7 Å². The van der Waals surface area contributed by atoms with Crippen molar-refractivity contribution in [2.45, 2.75) is 19.4 Å². The van der Waals surface area contributed by atoms with Crippen LogP contribution in [0.25, 0.3) is 22.2 Å². The van der Waals surface area contributed by atoms with Gasteiger partial charge in [-0.15, -0.1) is 0 Å². The van der Waals surface area contributed by atoms with Crippen molar-refractivity contribution in [2.24, 2.45) is 7.05 Å². The molecule has 0 unspecified atom stereocenters. The van der Waals surface area contributed by atoms with Crippen molar-refractivity contribution < 1.29 is 22.7 Å². The Morgan fingerprint density at radius 2 is 1.88 bits per heavy atom. The van der Waals surface area contributed by atoms with Crippen LogP contribution < -0.4 is 4.74 Å². The number of fused-ring (bicyclic) bond motifs is 2. The molecule has 0 radical (unpaired) electrons. The largest absolute Gasteiger partial charge is 0.494 e. The highest BCUT2D eigenvalue weighted by atomic mass is 19.2. The first kappa shape index (κ1) is 21.9. The van der Waals surface area contributed by atoms with Gasteiger partial charge in [-0.05, 0) is 37.6 Å². The summed E-state index contributed by atoms with van der Waals surface area (Å²) in [5.41, 5.74) is 3.22. The second-order valence-corrected chi connectivity index (χ2v) is 8.23. The van der Waals surface area contributed by atoms with E-state index in [-0.39, 0.29) is 17.5 Å². The van der Waals surface area contributed by atoms with Gasteiger partial charge in [0.1, 0.15) is 11.3 Å². The summed E-state index contributed by atoms with van der Waals surface area (Å²) in [4.78, 5) is 19.7. The maximum atomic E-state index is 13.9. The van der Waals surface area contributed by atoms with E-state index in [9.17, 15) is 18.0 Å². The Morgan fingerprint density at radius 3 is 2.59 bits per heavy atom. The van der Waals surface area contributed by atoms with Crippen LogP contribution in [0.1, 0.15) is 34.6 Å². The summed E-state index contributed by atoms with van der Waals surface area (Å²) in [6.45, 7) is 2.24. The first-order chi connectivity index (χ1) is 16.3. The normalized spacial score (nSPS) is 15.5. The smallest absolute Gasteiger partial charge is 0.255 e. The average Bonchev–Trinajstić information content (AvgIpc) is 3.18. The van der Waals surface area contributed by atoms with Crippen LogP contribution >= 0.6 is 0 Å². The van der Waals surface area contributed by atoms with Crippen LogP contribution in [0.5, 0.6) is 5.75 Å². The Hall–Kier alpha value is -3.88. The Kier molecular flexibility index (Phi) is 5.27. The van der Waals surface area contributed by atoms with Crippen LogP contribution in [0.15, 0.2) is 42.6 Å². The second-order valence-electron chi connectivity index (χ2n) is 8.23. The molecule has 1 aliphatic heterocycles. The fraction of sp³-hybridized carbons (Fsp3) is 0.240. The van der Waals surface area contributed by atoms with Crippen molar-refractivity contribution in [3.05, 3.63) is 76.9 Å². The highest BCUT2D eigenvalue weighted by molar-refractivity contribution is 6.07. The van der Waals surface area contributed by atoms with E-state index in [1.807, 2.05) is 19.1 Å². The zero-order chi connectivity index (χ0) is 24.1. The fourth-order valence-corrected chi connectivity index (χ4v) is 4.73. The minimum Gasteiger partial charge on any atom is -0.494 e. The van der Waals surface area contributed by atoms with Crippen LogP contribution in [0.3, 0.4) is 0 Å². The topological polar surface area (TPSA) is 60.2 Å². The van der Waals surface area contributed by atoms with E-state index < -0.39 is 17.5 Å². The number of benzene rings is 2. The molecule has 2 aromatic heterocycles. The number of hydrogen-bond acceptors (Lipinski definition) is 4. The molecule has 1 aliphatic rings. The van der Waals surface area contributed by atoms with Crippen molar-refractivity contribution in [2.75, 3.05) is 13.7 Å². The van der Waals surface area contributed by atoms with Crippen LogP contribution in [0, 0.1) is 17.5 Å². The first-order valence-corrected chi connectivity index (χ1v) is 10.7. The molecule has 4 aromatic rings. The van der Waals surface area contributed by atoms with E-state index in [1.54, 1.807) is 37.4 Å². The number of para-hydroxylation sites is 1. The number of pyridine rings is 1. The van der Waals surface area contributed by atoms with Crippen molar-refractivity contribution in [1.29, 1.82) is 0 Å². The Bertz CT molecular complexity index is 1430. The molecule has 34 heavy (non-hydrogen) atoms. The van der Waals surface area contributed by atoms with Gasteiger partial charge < -0.3 is 9.64 Å². The maximum absolute atomic E-state index is 13.9. The lowest BCUT2D eigenvalue weighted by Crippen LogP contribution is -2.39. The standard InChI is InChI=1S/C25H21F3N4O2/c1-13-22-17(24(31(2)30-22)14-11-18(26)21(28)19(27)12-14)8-10-32(13)25(33)16-7-9-29-23-15(16)5-4-6-20(23)34-3/h4-7,9,11-13H,8,10H2,1-3H3/t13-/m0/s1. The van der Waals surface area contributed by atoms with Gasteiger partial charge >= 0.3 is 0 Å². The number of methoxy groups -OCH3 is 1. The third kappa shape index (κ3) is 3.30. The molecule has 0 bridgehead atoms. The van der Waals surface area contributed by atoms with Gasteiger partial charge in [-0.25, -0.2) is 13.2 Å². The summed E-state index contributed by atoms with van der Waals surface area (Å²) in [5, 5.41) is 5.24. The minimum atomic E-state index is -1.51. The Morgan fingerprint density at radius 1 is 1.15 bits per heavy atom. The van der Waals surface area contributed by atoms with Crippen molar-refractivity contribution >= 4 is 16.8 Å². The van der Waals surface area contributed by atoms with Gasteiger partial charge in [0.15, 0.2) is 17.5 Å². The molecule has 5 rings (SSSR count). The summed E-state index contributed by atoms with van der Waals surface area (Å²) in [6, 6.07) is 8.65. The van der Waals surface area contributed by atoms with E-state index in [0.717, 1.165) is 17.7 Å². The third-order valence-corrected chi connectivity index (χ3v) is 6.34. The quantitative estimate of drug-likeness (QED) is 0.406. The van der Waals surface area contributed by atoms with E-state index in [0.29, 0.717) is 46.6 Å². The van der Waals surface area contributed by atoms with Gasteiger partial charge in [0.2, 0.25) is 0 Å². The van der Waals surface area contributed by atoms with Gasteiger partial charge in [0.05, 0.1) is 30.1 Å². The molecular weight excluding hydrogens is 445 g/mol. The lowest BCUT2D eigenvalue weighted by molar-refractivity contribution is 0.0675. The number of ether oxygens (including phenoxy) is 1. The van der Waals surface area contributed by atoms with Gasteiger partial charge in [-0.2, -0.15) is 5.10 Å². The summed E-state index contributed by atoms with van der Waals surface area (Å²) in [6.07, 6.45) is 2.01. The van der Waals surface area contributed by atoms with Crippen LogP contribution in [-0.4, -0.2) is 39.2 Å². The second kappa shape index (κ2) is 8.16. The number of carbonyl (C=O) groups is 1. The number of halogens is 3. The van der Waals surface area contributed by atoms with Crippen LogP contribution in [0.2, 0.25) is 0 Å². The summed E-state index contributed by atoms with van der Waals surface area (Å²) >= 11 is 0. The number of carbonyl (C=O) groups excluding carboxylic acids is 1. The minimum absolute atomic E-state index is 0.176. The average molecular weight is 466 g/mol. The highest BCUT2D eigenvalue weighted by Crippen LogP contribution is 2.37. The molecule has 174 valence electrons. The maximum Gasteiger partial charge on any atom is 0.255 e. The molecule has 9 heteroatoms. The van der Waals surface area contributed by atoms with E-state index in [4.69, 9.17) is 4.74 Å². The number of rotatable bonds is 3. The Labute approximate surface area is 193 Å². The molecular formula is C25H21F3N4O2. The predicted molar refractivity (Wildman–Crippen MR) is 120 cm³/mol. The number of hydrogen-bond donors (Lipinski definition) is 0. The molecule has 0 fully saturated rings. The highest BCUT2D eigenvalue weighted by Gasteiger charge is 2.34. The number of amides is 1. The molecule has 1 amide bonds. The Balaban J connectivity index is 1.54. The molecule has 2 aromatic carbocycles. The molecule has 0 aliphatic carbocycles. The summed E-state index contributed by atoms with van der Waals surface area (Å²) in [5.74, 6) is -3.62. The van der Waals surface area contributed by atoms with Gasteiger partial charge in [-0.1, -0.05) is 12.1 Å². The van der Waals surface area contributed by atoms with Gasteiger partial charge in [0.25, 0.3) is 5.91 Å². The molecule has 0 saturated carbocycles. The zero-order valence-electron chi connectivity index (χ0n) is 18.8. The number of aryl methyl sites for hydroxylation is 1. The van der Waals surface area contributed by atoms with Crippen molar-refractivity contribution in [3.63, 3.8) is 0 Å². The van der Waals surface area contributed by atoms with Crippen LogP contribution in [0.4, 0.5) is 13.2 Å². The van der Waals surface area contributed by atoms with E-state index >= 15 is 0 Å². The number of nitrogens with zero attached hydrogens (tertiary/aromatic N) is 4. The molecule has 6 nitrogen and oxygen atoms in total. The summed E-state index contributed by atoms with van der Waals surface area (Å²) in [7, 11) is 3.21.